The average Bonchev–Trinajstić information content (AvgIpc) is 3.71. The summed E-state index contributed by atoms with van der Waals surface area (Å²) in [6.45, 7) is 0. The summed E-state index contributed by atoms with van der Waals surface area (Å²) >= 11 is 1.72. The zero-order valence-electron chi connectivity index (χ0n) is 21.5. The lowest BCUT2D eigenvalue weighted by Crippen LogP contribution is -2.03. The number of carbonyl (C=O) groups is 2. The number of nitrogens with zero attached hydrogens (tertiary/aromatic N) is 3. The number of ketones is 2. The van der Waals surface area contributed by atoms with E-state index in [1.165, 1.54) is 10.1 Å². The second-order valence-corrected chi connectivity index (χ2v) is 11.1. The number of allylic oxidation sites excluding steroid dienone is 1. The molecule has 0 bridgehead atoms. The predicted octanol–water partition coefficient (Wildman–Crippen LogP) is 7.86. The highest BCUT2D eigenvalue weighted by Gasteiger charge is 2.34. The minimum absolute atomic E-state index is 0.176. The van der Waals surface area contributed by atoms with Crippen LogP contribution in [0.25, 0.3) is 54.5 Å². The molecule has 1 aliphatic carbocycles. The second-order valence-electron chi connectivity index (χ2n) is 10.1. The van der Waals surface area contributed by atoms with Gasteiger partial charge in [-0.3, -0.25) is 14.2 Å². The molecule has 0 spiro atoms. The van der Waals surface area contributed by atoms with Crippen molar-refractivity contribution in [3.8, 4) is 16.4 Å². The van der Waals surface area contributed by atoms with Crippen molar-refractivity contribution < 1.29 is 9.59 Å². The van der Waals surface area contributed by atoms with Gasteiger partial charge in [-0.15, -0.1) is 11.3 Å². The Balaban J connectivity index is 1.32. The number of para-hydroxylation sites is 1. The molecule has 8 rings (SSSR count). The highest BCUT2D eigenvalue weighted by molar-refractivity contribution is 7.22. The molecular formula is C34H21N3O2S. The molecule has 4 aromatic carbocycles. The Kier molecular flexibility index (Phi) is 4.84. The zero-order valence-corrected chi connectivity index (χ0v) is 22.3. The molecule has 3 aromatic heterocycles. The van der Waals surface area contributed by atoms with Crippen molar-refractivity contribution in [3.05, 3.63) is 126 Å². The number of carbonyl (C=O) groups excluding carboxylic acids is 2. The molecule has 40 heavy (non-hydrogen) atoms. The van der Waals surface area contributed by atoms with E-state index >= 15 is 0 Å². The Morgan fingerprint density at radius 1 is 0.725 bits per heavy atom. The molecule has 1 aliphatic rings. The van der Waals surface area contributed by atoms with Crippen molar-refractivity contribution >= 4 is 61.0 Å². The van der Waals surface area contributed by atoms with Crippen LogP contribution in [-0.2, 0) is 7.05 Å². The summed E-state index contributed by atoms with van der Waals surface area (Å²) in [5.41, 5.74) is 4.43. The first kappa shape index (κ1) is 22.9. The van der Waals surface area contributed by atoms with E-state index in [-0.39, 0.29) is 17.1 Å². The standard InChI is InChI=1S/C34H21N3O2S/c1-36-28-19-24(18-27-31(38)25-15-20-9-5-6-10-21(20)16-26(25)32(27)39)37(23-12-3-2-4-13-23)33(28)35-34(36)30-17-22-11-7-8-14-29(22)40-30/h2-19H,1H3. The number of fused-ring (bicyclic) bond motifs is 4. The van der Waals surface area contributed by atoms with Crippen molar-refractivity contribution in [2.75, 3.05) is 0 Å². The third-order valence-corrected chi connectivity index (χ3v) is 8.80. The Hall–Kier alpha value is -5.07. The molecule has 7 aromatic rings. The van der Waals surface area contributed by atoms with Gasteiger partial charge in [0, 0.05) is 28.6 Å². The lowest BCUT2D eigenvalue weighted by atomic mass is 10.0. The van der Waals surface area contributed by atoms with Gasteiger partial charge in [-0.05, 0) is 64.7 Å². The maximum absolute atomic E-state index is 13.5. The molecule has 0 atom stereocenters. The molecule has 0 saturated heterocycles. The van der Waals surface area contributed by atoms with Crippen LogP contribution in [-0.4, -0.2) is 25.7 Å². The van der Waals surface area contributed by atoms with Crippen LogP contribution < -0.4 is 0 Å². The maximum Gasteiger partial charge on any atom is 0.197 e. The lowest BCUT2D eigenvalue weighted by Gasteiger charge is -2.07. The molecule has 0 amide bonds. The van der Waals surface area contributed by atoms with Crippen LogP contribution in [0.2, 0.25) is 0 Å². The van der Waals surface area contributed by atoms with Crippen LogP contribution in [0.3, 0.4) is 0 Å². The number of thiophene rings is 1. The Morgan fingerprint density at radius 2 is 1.35 bits per heavy atom. The van der Waals surface area contributed by atoms with Gasteiger partial charge in [0.2, 0.25) is 0 Å². The Morgan fingerprint density at radius 3 is 2.02 bits per heavy atom. The van der Waals surface area contributed by atoms with E-state index in [2.05, 4.69) is 22.8 Å². The Bertz CT molecular complexity index is 2120. The van der Waals surface area contributed by atoms with E-state index in [0.717, 1.165) is 44.0 Å². The molecule has 190 valence electrons. The number of aryl methyl sites for hydroxylation is 1. The normalized spacial score (nSPS) is 13.2. The van der Waals surface area contributed by atoms with Gasteiger partial charge in [-0.1, -0.05) is 60.7 Å². The topological polar surface area (TPSA) is 56.9 Å². The second kappa shape index (κ2) is 8.46. The van der Waals surface area contributed by atoms with E-state index in [9.17, 15) is 9.59 Å². The van der Waals surface area contributed by atoms with Gasteiger partial charge in [0.25, 0.3) is 0 Å². The number of rotatable bonds is 3. The van der Waals surface area contributed by atoms with Crippen LogP contribution in [0.4, 0.5) is 0 Å². The third-order valence-electron chi connectivity index (χ3n) is 7.69. The van der Waals surface area contributed by atoms with Crippen LogP contribution in [0.15, 0.2) is 109 Å². The number of benzene rings is 4. The van der Waals surface area contributed by atoms with Crippen LogP contribution >= 0.6 is 11.3 Å². The van der Waals surface area contributed by atoms with Gasteiger partial charge in [-0.2, -0.15) is 0 Å². The van der Waals surface area contributed by atoms with E-state index in [4.69, 9.17) is 4.98 Å². The molecule has 6 heteroatoms. The van der Waals surface area contributed by atoms with E-state index in [1.54, 1.807) is 17.4 Å². The molecule has 0 N–H and O–H groups in total. The smallest absolute Gasteiger partial charge is 0.197 e. The van der Waals surface area contributed by atoms with E-state index in [1.807, 2.05) is 96.5 Å². The lowest BCUT2D eigenvalue weighted by molar-refractivity contribution is 0.0990. The first-order chi connectivity index (χ1) is 19.6. The van der Waals surface area contributed by atoms with Crippen molar-refractivity contribution in [1.82, 2.24) is 14.1 Å². The van der Waals surface area contributed by atoms with Gasteiger partial charge in [-0.25, -0.2) is 4.98 Å². The molecule has 0 unspecified atom stereocenters. The fourth-order valence-corrected chi connectivity index (χ4v) is 6.79. The Labute approximate surface area is 233 Å². The van der Waals surface area contributed by atoms with Gasteiger partial charge < -0.3 is 4.57 Å². The number of imidazole rings is 1. The molecule has 3 heterocycles. The van der Waals surface area contributed by atoms with Crippen molar-refractivity contribution in [2.24, 2.45) is 7.05 Å². The molecule has 0 fully saturated rings. The summed E-state index contributed by atoms with van der Waals surface area (Å²) in [4.78, 5) is 33.2. The van der Waals surface area contributed by atoms with Gasteiger partial charge >= 0.3 is 0 Å². The minimum atomic E-state index is -0.241. The number of hydrogen-bond acceptors (Lipinski definition) is 4. The van der Waals surface area contributed by atoms with E-state index < -0.39 is 0 Å². The average molecular weight is 536 g/mol. The first-order valence-electron chi connectivity index (χ1n) is 13.0. The molecular weight excluding hydrogens is 514 g/mol. The van der Waals surface area contributed by atoms with Crippen LogP contribution in [0.5, 0.6) is 0 Å². The molecule has 5 nitrogen and oxygen atoms in total. The predicted molar refractivity (Wildman–Crippen MR) is 161 cm³/mol. The molecule has 0 radical (unpaired) electrons. The largest absolute Gasteiger partial charge is 0.325 e. The minimum Gasteiger partial charge on any atom is -0.325 e. The summed E-state index contributed by atoms with van der Waals surface area (Å²) in [5, 5.41) is 3.08. The third kappa shape index (κ3) is 3.30. The van der Waals surface area contributed by atoms with E-state index in [0.29, 0.717) is 11.1 Å². The molecule has 0 aliphatic heterocycles. The van der Waals surface area contributed by atoms with Crippen molar-refractivity contribution in [3.63, 3.8) is 0 Å². The fraction of sp³-hybridized carbons (Fsp3) is 0.0294. The summed E-state index contributed by atoms with van der Waals surface area (Å²) in [6.07, 6.45) is 1.73. The van der Waals surface area contributed by atoms with Gasteiger partial charge in [0.1, 0.15) is 0 Å². The summed E-state index contributed by atoms with van der Waals surface area (Å²) < 4.78 is 5.33. The van der Waals surface area contributed by atoms with Crippen LogP contribution in [0.1, 0.15) is 26.4 Å². The van der Waals surface area contributed by atoms with Gasteiger partial charge in [0.15, 0.2) is 23.0 Å². The highest BCUT2D eigenvalue weighted by atomic mass is 32.1. The SMILES string of the molecule is Cn1c(-c2cc3ccccc3s2)nc2c1cc(C=C1C(=O)c3cc4ccccc4cc3C1=O)n2-c1ccccc1. The maximum atomic E-state index is 13.5. The monoisotopic (exact) mass is 535 g/mol. The zero-order chi connectivity index (χ0) is 27.0. The fourth-order valence-electron chi connectivity index (χ4n) is 5.70. The van der Waals surface area contributed by atoms with Gasteiger partial charge in [0.05, 0.1) is 21.7 Å². The quantitative estimate of drug-likeness (QED) is 0.171. The highest BCUT2D eigenvalue weighted by Crippen LogP contribution is 2.37. The molecule has 0 saturated carbocycles. The number of Topliss-reactive ketones (excluding diaryl/α,β-unsaturated/α-hetero) is 2. The summed E-state index contributed by atoms with van der Waals surface area (Å²) in [5.74, 6) is 0.395. The van der Waals surface area contributed by atoms with Crippen LogP contribution in [0, 0.1) is 0 Å². The summed E-state index contributed by atoms with van der Waals surface area (Å²) in [6, 6.07) is 33.9. The number of aromatic nitrogens is 3. The summed E-state index contributed by atoms with van der Waals surface area (Å²) in [7, 11) is 2.01. The van der Waals surface area contributed by atoms with Crippen molar-refractivity contribution in [1.29, 1.82) is 0 Å². The first-order valence-corrected chi connectivity index (χ1v) is 13.8. The van der Waals surface area contributed by atoms with Crippen molar-refractivity contribution in [2.45, 2.75) is 0 Å². The number of hydrogen-bond donors (Lipinski definition) is 0.